The van der Waals surface area contributed by atoms with E-state index in [0.717, 1.165) is 22.1 Å². The first-order valence-electron chi connectivity index (χ1n) is 5.88. The number of aromatic nitrogens is 2. The van der Waals surface area contributed by atoms with Gasteiger partial charge in [0, 0.05) is 11.6 Å². The van der Waals surface area contributed by atoms with E-state index in [0.29, 0.717) is 0 Å². The van der Waals surface area contributed by atoms with Crippen LogP contribution in [-0.4, -0.2) is 9.97 Å². The van der Waals surface area contributed by atoms with Crippen molar-refractivity contribution in [3.05, 3.63) is 40.8 Å². The van der Waals surface area contributed by atoms with Crippen LogP contribution < -0.4 is 5.32 Å². The van der Waals surface area contributed by atoms with Gasteiger partial charge in [-0.25, -0.2) is 9.97 Å². The van der Waals surface area contributed by atoms with Crippen LogP contribution in [0.1, 0.15) is 24.4 Å². The van der Waals surface area contributed by atoms with Gasteiger partial charge < -0.3 is 5.32 Å². The van der Waals surface area contributed by atoms with Crippen molar-refractivity contribution < 1.29 is 0 Å². The molecule has 92 valence electrons. The second kappa shape index (κ2) is 5.04. The molecule has 0 bridgehead atoms. The second-order valence-electron chi connectivity index (χ2n) is 3.96. The minimum atomic E-state index is 0.255. The largest absolute Gasteiger partial charge is 0.352 e. The van der Waals surface area contributed by atoms with Crippen LogP contribution in [0, 0.1) is 0 Å². The van der Waals surface area contributed by atoms with E-state index in [1.54, 1.807) is 22.7 Å². The van der Waals surface area contributed by atoms with Gasteiger partial charge >= 0.3 is 0 Å². The molecule has 18 heavy (non-hydrogen) atoms. The molecule has 0 aliphatic rings. The summed E-state index contributed by atoms with van der Waals surface area (Å²) in [4.78, 5) is 8.96. The zero-order valence-electron chi connectivity index (χ0n) is 9.96. The van der Waals surface area contributed by atoms with Gasteiger partial charge in [-0.05, 0) is 18.6 Å². The Morgan fingerprint density at radius 3 is 2.94 bits per heavy atom. The average molecular weight is 275 g/mol. The molecule has 3 rings (SSSR count). The van der Waals surface area contributed by atoms with Crippen molar-refractivity contribution in [3.63, 3.8) is 0 Å². The number of hydrogen-bond acceptors (Lipinski definition) is 5. The van der Waals surface area contributed by atoms with E-state index in [2.05, 4.69) is 28.3 Å². The van der Waals surface area contributed by atoms with Crippen molar-refractivity contribution in [2.45, 2.75) is 19.4 Å². The molecule has 0 amide bonds. The predicted molar refractivity (Wildman–Crippen MR) is 78.4 cm³/mol. The number of benzene rings is 1. The fourth-order valence-corrected chi connectivity index (χ4v) is 3.52. The molecule has 1 unspecified atom stereocenters. The van der Waals surface area contributed by atoms with E-state index >= 15 is 0 Å². The van der Waals surface area contributed by atoms with Gasteiger partial charge in [0.25, 0.3) is 0 Å². The first kappa shape index (κ1) is 11.6. The molecule has 3 aromatic rings. The Bertz CT molecular complexity index is 598. The van der Waals surface area contributed by atoms with Crippen LogP contribution in [0.15, 0.2) is 35.8 Å². The molecule has 1 N–H and O–H groups in total. The van der Waals surface area contributed by atoms with Gasteiger partial charge in [0.1, 0.15) is 5.01 Å². The summed E-state index contributed by atoms with van der Waals surface area (Å²) in [6.45, 7) is 2.16. The molecule has 0 saturated carbocycles. The van der Waals surface area contributed by atoms with E-state index in [4.69, 9.17) is 0 Å². The number of anilines is 1. The Hall–Kier alpha value is -1.46. The van der Waals surface area contributed by atoms with Crippen molar-refractivity contribution in [1.29, 1.82) is 0 Å². The first-order valence-corrected chi connectivity index (χ1v) is 7.58. The topological polar surface area (TPSA) is 37.8 Å². The van der Waals surface area contributed by atoms with E-state index in [9.17, 15) is 0 Å². The van der Waals surface area contributed by atoms with Crippen molar-refractivity contribution in [2.24, 2.45) is 0 Å². The van der Waals surface area contributed by atoms with E-state index in [1.165, 1.54) is 4.70 Å². The maximum atomic E-state index is 4.59. The molecular weight excluding hydrogens is 262 g/mol. The normalized spacial score (nSPS) is 12.7. The molecule has 2 aromatic heterocycles. The van der Waals surface area contributed by atoms with Gasteiger partial charge in [-0.15, -0.1) is 11.3 Å². The van der Waals surface area contributed by atoms with Crippen molar-refractivity contribution in [1.82, 2.24) is 9.97 Å². The highest BCUT2D eigenvalue weighted by atomic mass is 32.1. The predicted octanol–water partition coefficient (Wildman–Crippen LogP) is 4.32. The highest BCUT2D eigenvalue weighted by Gasteiger charge is 2.13. The van der Waals surface area contributed by atoms with Crippen molar-refractivity contribution >= 4 is 38.0 Å². The minimum absolute atomic E-state index is 0.255. The lowest BCUT2D eigenvalue weighted by Gasteiger charge is -2.12. The summed E-state index contributed by atoms with van der Waals surface area (Å²) >= 11 is 3.38. The van der Waals surface area contributed by atoms with Crippen LogP contribution in [0.4, 0.5) is 5.13 Å². The summed E-state index contributed by atoms with van der Waals surface area (Å²) in [5.74, 6) is 0. The molecule has 0 spiro atoms. The summed E-state index contributed by atoms with van der Waals surface area (Å²) in [6, 6.07) is 8.46. The van der Waals surface area contributed by atoms with E-state index in [1.807, 2.05) is 29.8 Å². The van der Waals surface area contributed by atoms with Crippen LogP contribution >= 0.6 is 22.7 Å². The number of rotatable bonds is 4. The highest BCUT2D eigenvalue weighted by molar-refractivity contribution is 7.22. The van der Waals surface area contributed by atoms with Gasteiger partial charge in [-0.3, -0.25) is 0 Å². The van der Waals surface area contributed by atoms with Crippen molar-refractivity contribution in [2.75, 3.05) is 5.32 Å². The lowest BCUT2D eigenvalue weighted by molar-refractivity contribution is 0.741. The Balaban J connectivity index is 1.86. The van der Waals surface area contributed by atoms with Gasteiger partial charge in [-0.1, -0.05) is 30.4 Å². The van der Waals surface area contributed by atoms with Crippen LogP contribution in [0.25, 0.3) is 10.2 Å². The van der Waals surface area contributed by atoms with E-state index in [-0.39, 0.29) is 6.04 Å². The molecule has 5 heteroatoms. The third-order valence-corrected chi connectivity index (χ3v) is 4.61. The van der Waals surface area contributed by atoms with E-state index < -0.39 is 0 Å². The molecule has 0 fully saturated rings. The maximum absolute atomic E-state index is 4.59. The fourth-order valence-electron chi connectivity index (χ4n) is 1.83. The Morgan fingerprint density at radius 1 is 1.33 bits per heavy atom. The zero-order valence-corrected chi connectivity index (χ0v) is 11.6. The summed E-state index contributed by atoms with van der Waals surface area (Å²) in [6.07, 6.45) is 2.85. The summed E-state index contributed by atoms with van der Waals surface area (Å²) in [5.41, 5.74) is 1.05. The lowest BCUT2D eigenvalue weighted by atomic mass is 10.2. The van der Waals surface area contributed by atoms with Crippen LogP contribution in [-0.2, 0) is 0 Å². The maximum Gasteiger partial charge on any atom is 0.184 e. The highest BCUT2D eigenvalue weighted by Crippen LogP contribution is 2.30. The second-order valence-corrected chi connectivity index (χ2v) is 5.92. The number of para-hydroxylation sites is 1. The number of hydrogen-bond donors (Lipinski definition) is 1. The molecular formula is C13H13N3S2. The Kier molecular flexibility index (Phi) is 3.25. The van der Waals surface area contributed by atoms with Crippen molar-refractivity contribution in [3.8, 4) is 0 Å². The smallest absolute Gasteiger partial charge is 0.184 e. The molecule has 3 nitrogen and oxygen atoms in total. The molecule has 0 aliphatic heterocycles. The Labute approximate surface area is 114 Å². The third kappa shape index (κ3) is 2.23. The standard InChI is InChI=1S/C13H13N3S2/c1-2-9(12-14-7-8-17-12)15-13-16-10-5-3-4-6-11(10)18-13/h3-9H,2H2,1H3,(H,15,16). The quantitative estimate of drug-likeness (QED) is 0.770. The number of nitrogens with one attached hydrogen (secondary N) is 1. The molecule has 1 aromatic carbocycles. The zero-order chi connectivity index (χ0) is 12.4. The molecule has 0 radical (unpaired) electrons. The number of thiazole rings is 2. The minimum Gasteiger partial charge on any atom is -0.352 e. The Morgan fingerprint density at radius 2 is 2.22 bits per heavy atom. The monoisotopic (exact) mass is 275 g/mol. The summed E-state index contributed by atoms with van der Waals surface area (Å²) in [7, 11) is 0. The molecule has 0 aliphatic carbocycles. The van der Waals surface area contributed by atoms with Crippen LogP contribution in [0.5, 0.6) is 0 Å². The van der Waals surface area contributed by atoms with Gasteiger partial charge in [0.2, 0.25) is 0 Å². The SMILES string of the molecule is CCC(Nc1nc2ccccc2s1)c1nccs1. The van der Waals surface area contributed by atoms with Gasteiger partial charge in [-0.2, -0.15) is 0 Å². The molecule has 2 heterocycles. The molecule has 0 saturated heterocycles. The lowest BCUT2D eigenvalue weighted by Crippen LogP contribution is -2.08. The number of nitrogens with zero attached hydrogens (tertiary/aromatic N) is 2. The van der Waals surface area contributed by atoms with Crippen LogP contribution in [0.2, 0.25) is 0 Å². The average Bonchev–Trinajstić information content (AvgIpc) is 3.04. The van der Waals surface area contributed by atoms with Gasteiger partial charge in [0.05, 0.1) is 16.3 Å². The number of fused-ring (bicyclic) bond motifs is 1. The third-order valence-electron chi connectivity index (χ3n) is 2.75. The summed E-state index contributed by atoms with van der Waals surface area (Å²) in [5, 5.41) is 7.58. The summed E-state index contributed by atoms with van der Waals surface area (Å²) < 4.78 is 1.22. The van der Waals surface area contributed by atoms with Crippen LogP contribution in [0.3, 0.4) is 0 Å². The molecule has 1 atom stereocenters. The van der Waals surface area contributed by atoms with Gasteiger partial charge in [0.15, 0.2) is 5.13 Å². The fraction of sp³-hybridized carbons (Fsp3) is 0.231. The first-order chi connectivity index (χ1) is 8.86.